The van der Waals surface area contributed by atoms with Crippen molar-refractivity contribution in [3.8, 4) is 0 Å². The van der Waals surface area contributed by atoms with Crippen LogP contribution in [0.1, 0.15) is 26.2 Å². The number of hydrogen-bond acceptors (Lipinski definition) is 2. The van der Waals surface area contributed by atoms with Crippen LogP contribution >= 0.6 is 11.8 Å². The van der Waals surface area contributed by atoms with Crippen LogP contribution in [0, 0.1) is 17.8 Å². The molecule has 2 heteroatoms. The minimum absolute atomic E-state index is 0.296. The van der Waals surface area contributed by atoms with Crippen molar-refractivity contribution in [1.29, 1.82) is 0 Å². The van der Waals surface area contributed by atoms with Crippen LogP contribution in [0.2, 0.25) is 0 Å². The van der Waals surface area contributed by atoms with Crippen molar-refractivity contribution in [1.82, 2.24) is 0 Å². The molecule has 3 aliphatic rings. The maximum absolute atomic E-state index is 11.2. The Morgan fingerprint density at radius 1 is 1.30 bits per heavy atom. The van der Waals surface area contributed by atoms with Gasteiger partial charge < -0.3 is 0 Å². The highest BCUT2D eigenvalue weighted by molar-refractivity contribution is 7.99. The first kappa shape index (κ1) is 13.9. The van der Waals surface area contributed by atoms with Gasteiger partial charge in [-0.15, -0.1) is 0 Å². The summed E-state index contributed by atoms with van der Waals surface area (Å²) >= 11 is 1.83. The fourth-order valence-corrected chi connectivity index (χ4v) is 4.83. The van der Waals surface area contributed by atoms with E-state index in [1.54, 1.807) is 6.92 Å². The Morgan fingerprint density at radius 2 is 2.20 bits per heavy atom. The zero-order valence-electron chi connectivity index (χ0n) is 12.0. The summed E-state index contributed by atoms with van der Waals surface area (Å²) in [5, 5.41) is 0. The van der Waals surface area contributed by atoms with Crippen LogP contribution in [0.3, 0.4) is 0 Å². The molecule has 0 aromatic heterocycles. The summed E-state index contributed by atoms with van der Waals surface area (Å²) in [5.74, 6) is 4.14. The molecule has 0 spiro atoms. The van der Waals surface area contributed by atoms with E-state index in [9.17, 15) is 4.79 Å². The highest BCUT2D eigenvalue weighted by atomic mass is 32.2. The molecule has 0 N–H and O–H groups in total. The summed E-state index contributed by atoms with van der Waals surface area (Å²) in [6.07, 6.45) is 17.5. The molecule has 0 amide bonds. The molecule has 106 valence electrons. The minimum atomic E-state index is 0.296. The summed E-state index contributed by atoms with van der Waals surface area (Å²) in [4.78, 5) is 11.2. The quantitative estimate of drug-likeness (QED) is 0.765. The second kappa shape index (κ2) is 6.17. The molecule has 0 saturated carbocycles. The van der Waals surface area contributed by atoms with Gasteiger partial charge in [0.05, 0.1) is 5.75 Å². The van der Waals surface area contributed by atoms with Crippen LogP contribution in [0.4, 0.5) is 0 Å². The van der Waals surface area contributed by atoms with Gasteiger partial charge in [-0.1, -0.05) is 36.5 Å². The van der Waals surface area contributed by atoms with Gasteiger partial charge in [0.2, 0.25) is 0 Å². The number of fused-ring (bicyclic) bond motifs is 2. The maximum Gasteiger partial charge on any atom is 0.139 e. The molecule has 3 aliphatic carbocycles. The van der Waals surface area contributed by atoms with Crippen molar-refractivity contribution in [2.75, 3.05) is 11.5 Å². The van der Waals surface area contributed by atoms with E-state index in [0.29, 0.717) is 29.3 Å². The predicted octanol–water partition coefficient (Wildman–Crippen LogP) is 4.33. The first-order valence-corrected chi connectivity index (χ1v) is 8.73. The van der Waals surface area contributed by atoms with Gasteiger partial charge in [-0.25, -0.2) is 0 Å². The third-order valence-electron chi connectivity index (χ3n) is 4.61. The molecule has 3 rings (SSSR count). The third-order valence-corrected chi connectivity index (χ3v) is 5.84. The van der Waals surface area contributed by atoms with E-state index < -0.39 is 0 Å². The second-order valence-corrected chi connectivity index (χ2v) is 7.08. The zero-order chi connectivity index (χ0) is 13.9. The van der Waals surface area contributed by atoms with E-state index in [2.05, 4.69) is 36.5 Å². The highest BCUT2D eigenvalue weighted by Crippen LogP contribution is 2.46. The Balaban J connectivity index is 1.81. The topological polar surface area (TPSA) is 17.1 Å². The number of rotatable bonds is 4. The van der Waals surface area contributed by atoms with Crippen molar-refractivity contribution < 1.29 is 4.79 Å². The van der Waals surface area contributed by atoms with Gasteiger partial charge in [0.15, 0.2) is 0 Å². The fraction of sp³-hybridized carbons (Fsp3) is 0.500. The van der Waals surface area contributed by atoms with E-state index in [1.807, 2.05) is 11.8 Å². The Hall–Kier alpha value is -1.02. The molecule has 3 atom stereocenters. The van der Waals surface area contributed by atoms with E-state index in [-0.39, 0.29) is 0 Å². The van der Waals surface area contributed by atoms with Crippen LogP contribution in [-0.4, -0.2) is 17.3 Å². The minimum Gasteiger partial charge on any atom is -0.299 e. The van der Waals surface area contributed by atoms with Gasteiger partial charge in [0, 0.05) is 0 Å². The van der Waals surface area contributed by atoms with Crippen LogP contribution in [0.25, 0.3) is 0 Å². The lowest BCUT2D eigenvalue weighted by atomic mass is 9.65. The molecule has 0 aromatic rings. The molecule has 0 aromatic carbocycles. The Bertz CT molecular complexity index is 510. The number of Topliss-reactive ketones (excluding diaryl/α,β-unsaturated/α-hetero) is 1. The molecule has 0 heterocycles. The van der Waals surface area contributed by atoms with E-state index >= 15 is 0 Å². The Labute approximate surface area is 125 Å². The zero-order valence-corrected chi connectivity index (χ0v) is 12.9. The molecule has 3 unspecified atom stereocenters. The maximum atomic E-state index is 11.2. The summed E-state index contributed by atoms with van der Waals surface area (Å²) in [6, 6.07) is 0. The number of allylic oxidation sites excluding steroid dienone is 8. The number of thioether (sulfide) groups is 1. The molecular weight excluding hydrogens is 264 g/mol. The van der Waals surface area contributed by atoms with Gasteiger partial charge in [0.25, 0.3) is 0 Å². The average molecular weight is 286 g/mol. The molecular formula is C18H22OS. The molecule has 0 bridgehead atoms. The number of ketones is 1. The van der Waals surface area contributed by atoms with Crippen molar-refractivity contribution in [3.05, 3.63) is 47.6 Å². The molecule has 0 radical (unpaired) electrons. The van der Waals surface area contributed by atoms with Crippen molar-refractivity contribution in [3.63, 3.8) is 0 Å². The largest absolute Gasteiger partial charge is 0.299 e. The average Bonchev–Trinajstić information content (AvgIpc) is 2.46. The van der Waals surface area contributed by atoms with Crippen molar-refractivity contribution in [2.24, 2.45) is 17.8 Å². The van der Waals surface area contributed by atoms with Crippen LogP contribution in [-0.2, 0) is 4.79 Å². The summed E-state index contributed by atoms with van der Waals surface area (Å²) in [5.41, 5.74) is 3.02. The SMILES string of the molecule is CC(=O)CSCC1C2CC=CC=C2C=C2C=CCCC21. The first-order valence-electron chi connectivity index (χ1n) is 7.57. The molecule has 1 nitrogen and oxygen atoms in total. The van der Waals surface area contributed by atoms with Crippen LogP contribution < -0.4 is 0 Å². The van der Waals surface area contributed by atoms with E-state index in [4.69, 9.17) is 0 Å². The second-order valence-electron chi connectivity index (χ2n) is 6.05. The smallest absolute Gasteiger partial charge is 0.139 e. The fourth-order valence-electron chi connectivity index (χ4n) is 3.69. The third kappa shape index (κ3) is 2.85. The lowest BCUT2D eigenvalue weighted by Crippen LogP contribution is -2.33. The highest BCUT2D eigenvalue weighted by Gasteiger charge is 2.36. The molecule has 20 heavy (non-hydrogen) atoms. The Morgan fingerprint density at radius 3 is 3.05 bits per heavy atom. The standard InChI is InChI=1S/C18H22OS/c1-13(19)11-20-12-18-16-8-4-2-6-14(16)10-15-7-3-5-9-17(15)18/h2-4,6-7,10,16-18H,5,8-9,11-12H2,1H3. The van der Waals surface area contributed by atoms with Crippen LogP contribution in [0.5, 0.6) is 0 Å². The van der Waals surface area contributed by atoms with Gasteiger partial charge in [0.1, 0.15) is 5.78 Å². The normalized spacial score (nSPS) is 31.1. The number of hydrogen-bond donors (Lipinski definition) is 0. The predicted molar refractivity (Wildman–Crippen MR) is 86.8 cm³/mol. The van der Waals surface area contributed by atoms with Crippen molar-refractivity contribution >= 4 is 17.5 Å². The van der Waals surface area contributed by atoms with E-state index in [1.165, 1.54) is 30.4 Å². The van der Waals surface area contributed by atoms with Gasteiger partial charge in [-0.05, 0) is 60.8 Å². The Kier molecular flexibility index (Phi) is 4.30. The lowest BCUT2D eigenvalue weighted by Gasteiger charge is -2.41. The molecule has 0 fully saturated rings. The number of carbonyl (C=O) groups excluding carboxylic acids is 1. The number of carbonyl (C=O) groups is 1. The molecule has 0 saturated heterocycles. The first-order chi connectivity index (χ1) is 9.75. The van der Waals surface area contributed by atoms with Crippen LogP contribution in [0.15, 0.2) is 47.6 Å². The monoisotopic (exact) mass is 286 g/mol. The molecule has 0 aliphatic heterocycles. The lowest BCUT2D eigenvalue weighted by molar-refractivity contribution is -0.114. The van der Waals surface area contributed by atoms with Gasteiger partial charge in [-0.3, -0.25) is 4.79 Å². The van der Waals surface area contributed by atoms with Gasteiger partial charge in [-0.2, -0.15) is 11.8 Å². The van der Waals surface area contributed by atoms with Gasteiger partial charge >= 0.3 is 0 Å². The summed E-state index contributed by atoms with van der Waals surface area (Å²) < 4.78 is 0. The summed E-state index contributed by atoms with van der Waals surface area (Å²) in [7, 11) is 0. The van der Waals surface area contributed by atoms with E-state index in [0.717, 1.165) is 5.75 Å². The van der Waals surface area contributed by atoms with Crippen molar-refractivity contribution in [2.45, 2.75) is 26.2 Å². The summed E-state index contributed by atoms with van der Waals surface area (Å²) in [6.45, 7) is 1.69.